The first-order valence-corrected chi connectivity index (χ1v) is 3.54. The zero-order chi connectivity index (χ0) is 9.84. The minimum atomic E-state index is -2.66. The van der Waals surface area contributed by atoms with E-state index in [0.29, 0.717) is 0 Å². The minimum Gasteiger partial charge on any atom is -0.397 e. The minimum absolute atomic E-state index is 0.0669. The van der Waals surface area contributed by atoms with Gasteiger partial charge in [-0.2, -0.15) is 5.26 Å². The molecule has 0 radical (unpaired) electrons. The number of aromatic nitrogens is 1. The van der Waals surface area contributed by atoms with E-state index in [0.717, 1.165) is 6.20 Å². The second kappa shape index (κ2) is 3.81. The third kappa shape index (κ3) is 1.90. The van der Waals surface area contributed by atoms with Crippen LogP contribution in [0.1, 0.15) is 17.6 Å². The number of nitrogens with zero attached hydrogens (tertiary/aromatic N) is 2. The van der Waals surface area contributed by atoms with Crippen molar-refractivity contribution in [1.29, 1.82) is 5.26 Å². The molecule has 0 saturated carbocycles. The lowest BCUT2D eigenvalue weighted by molar-refractivity contribution is 0.151. The maximum absolute atomic E-state index is 12.4. The van der Waals surface area contributed by atoms with E-state index in [1.54, 1.807) is 6.07 Å². The van der Waals surface area contributed by atoms with Gasteiger partial charge in [-0.25, -0.2) is 8.78 Å². The first-order chi connectivity index (χ1) is 6.16. The number of rotatable bonds is 2. The zero-order valence-electron chi connectivity index (χ0n) is 6.67. The number of nitrogen functional groups attached to an aromatic ring is 1. The van der Waals surface area contributed by atoms with Crippen molar-refractivity contribution < 1.29 is 8.78 Å². The Morgan fingerprint density at radius 1 is 1.54 bits per heavy atom. The second-order valence-electron chi connectivity index (χ2n) is 2.44. The van der Waals surface area contributed by atoms with Crippen LogP contribution in [0.2, 0.25) is 0 Å². The molecule has 0 aliphatic rings. The summed E-state index contributed by atoms with van der Waals surface area (Å²) in [5.41, 5.74) is 5.14. The summed E-state index contributed by atoms with van der Waals surface area (Å²) in [5.74, 6) is 0. The molecule has 68 valence electrons. The van der Waals surface area contributed by atoms with Crippen molar-refractivity contribution in [2.75, 3.05) is 5.73 Å². The predicted molar refractivity (Wildman–Crippen MR) is 42.9 cm³/mol. The third-order valence-corrected chi connectivity index (χ3v) is 1.59. The lowest BCUT2D eigenvalue weighted by Gasteiger charge is -2.07. The number of alkyl halides is 2. The predicted octanol–water partition coefficient (Wildman–Crippen LogP) is 1.67. The molecule has 0 saturated heterocycles. The van der Waals surface area contributed by atoms with Crippen LogP contribution in [0.5, 0.6) is 0 Å². The number of hydrogen-bond donors (Lipinski definition) is 1. The topological polar surface area (TPSA) is 62.7 Å². The molecule has 0 amide bonds. The van der Waals surface area contributed by atoms with Gasteiger partial charge in [-0.05, 0) is 5.56 Å². The highest BCUT2D eigenvalue weighted by Gasteiger charge is 2.16. The highest BCUT2D eigenvalue weighted by atomic mass is 19.3. The van der Waals surface area contributed by atoms with Crippen molar-refractivity contribution in [3.63, 3.8) is 0 Å². The van der Waals surface area contributed by atoms with Gasteiger partial charge >= 0.3 is 0 Å². The van der Waals surface area contributed by atoms with E-state index in [1.165, 1.54) is 6.20 Å². The average molecular weight is 183 g/mol. The van der Waals surface area contributed by atoms with Gasteiger partial charge in [0, 0.05) is 11.8 Å². The number of pyridine rings is 1. The van der Waals surface area contributed by atoms with Crippen LogP contribution in [0.25, 0.3) is 0 Å². The van der Waals surface area contributed by atoms with Crippen molar-refractivity contribution in [2.45, 2.75) is 12.8 Å². The van der Waals surface area contributed by atoms with Gasteiger partial charge in [0.05, 0.1) is 24.4 Å². The summed E-state index contributed by atoms with van der Waals surface area (Å²) in [6.45, 7) is 0. The van der Waals surface area contributed by atoms with Gasteiger partial charge in [-0.3, -0.25) is 4.98 Å². The summed E-state index contributed by atoms with van der Waals surface area (Å²) >= 11 is 0. The van der Waals surface area contributed by atoms with Gasteiger partial charge in [0.1, 0.15) is 0 Å². The molecule has 0 bridgehead atoms. The highest BCUT2D eigenvalue weighted by molar-refractivity contribution is 5.49. The van der Waals surface area contributed by atoms with E-state index in [2.05, 4.69) is 4.98 Å². The fourth-order valence-corrected chi connectivity index (χ4v) is 1.02. The lowest BCUT2D eigenvalue weighted by Crippen LogP contribution is -2.01. The Morgan fingerprint density at radius 3 is 2.77 bits per heavy atom. The summed E-state index contributed by atoms with van der Waals surface area (Å²) in [4.78, 5) is 3.64. The van der Waals surface area contributed by atoms with Gasteiger partial charge in [0.2, 0.25) is 0 Å². The Kier molecular flexibility index (Phi) is 2.75. The molecule has 0 aromatic carbocycles. The molecule has 0 fully saturated rings. The fraction of sp³-hybridized carbons (Fsp3) is 0.250. The molecule has 0 aliphatic carbocycles. The van der Waals surface area contributed by atoms with Crippen molar-refractivity contribution in [2.24, 2.45) is 0 Å². The Bertz CT molecular complexity index is 344. The molecule has 1 aromatic rings. The summed E-state index contributed by atoms with van der Waals surface area (Å²) in [5, 5.41) is 8.35. The summed E-state index contributed by atoms with van der Waals surface area (Å²) in [6, 6.07) is 1.78. The van der Waals surface area contributed by atoms with E-state index in [1.807, 2.05) is 0 Å². The molecule has 13 heavy (non-hydrogen) atoms. The highest BCUT2D eigenvalue weighted by Crippen LogP contribution is 2.27. The number of halogens is 2. The molecular formula is C8H7F2N3. The first-order valence-electron chi connectivity index (χ1n) is 3.54. The molecule has 1 aromatic heterocycles. The van der Waals surface area contributed by atoms with E-state index in [-0.39, 0.29) is 23.2 Å². The van der Waals surface area contributed by atoms with Gasteiger partial charge in [0.25, 0.3) is 6.43 Å². The van der Waals surface area contributed by atoms with Crippen molar-refractivity contribution in [1.82, 2.24) is 4.98 Å². The van der Waals surface area contributed by atoms with Crippen LogP contribution in [0.15, 0.2) is 12.4 Å². The van der Waals surface area contributed by atoms with Crippen molar-refractivity contribution >= 4 is 5.69 Å². The summed E-state index contributed by atoms with van der Waals surface area (Å²) in [7, 11) is 0. The van der Waals surface area contributed by atoms with E-state index in [9.17, 15) is 8.78 Å². The molecule has 0 spiro atoms. The smallest absolute Gasteiger partial charge is 0.266 e. The van der Waals surface area contributed by atoms with Crippen LogP contribution in [-0.2, 0) is 6.42 Å². The first kappa shape index (κ1) is 9.39. The standard InChI is InChI=1S/C8H7F2N3/c9-8(10)7-5(1-2-11)3-13-4-6(7)12/h3-4,8H,1,12H2. The average Bonchev–Trinajstić information content (AvgIpc) is 2.04. The molecule has 0 aliphatic heterocycles. The van der Waals surface area contributed by atoms with Crippen LogP contribution >= 0.6 is 0 Å². The van der Waals surface area contributed by atoms with Crippen LogP contribution in [0.3, 0.4) is 0 Å². The Hall–Kier alpha value is -1.70. The maximum Gasteiger partial charge on any atom is 0.266 e. The van der Waals surface area contributed by atoms with Crippen LogP contribution < -0.4 is 5.73 Å². The molecule has 5 heteroatoms. The quantitative estimate of drug-likeness (QED) is 0.758. The normalized spacial score (nSPS) is 10.0. The van der Waals surface area contributed by atoms with Crippen LogP contribution in [-0.4, -0.2) is 4.98 Å². The molecular weight excluding hydrogens is 176 g/mol. The summed E-state index contributed by atoms with van der Waals surface area (Å²) < 4.78 is 24.8. The van der Waals surface area contributed by atoms with Gasteiger partial charge in [-0.15, -0.1) is 0 Å². The monoisotopic (exact) mass is 183 g/mol. The number of nitriles is 1. The van der Waals surface area contributed by atoms with Gasteiger partial charge in [-0.1, -0.05) is 0 Å². The van der Waals surface area contributed by atoms with Crippen molar-refractivity contribution in [3.8, 4) is 6.07 Å². The summed E-state index contributed by atoms with van der Waals surface area (Å²) in [6.07, 6.45) is -0.368. The van der Waals surface area contributed by atoms with Gasteiger partial charge < -0.3 is 5.73 Å². The Balaban J connectivity index is 3.19. The third-order valence-electron chi connectivity index (χ3n) is 1.59. The second-order valence-corrected chi connectivity index (χ2v) is 2.44. The van der Waals surface area contributed by atoms with E-state index in [4.69, 9.17) is 11.0 Å². The molecule has 1 heterocycles. The molecule has 0 unspecified atom stereocenters. The largest absolute Gasteiger partial charge is 0.397 e. The van der Waals surface area contributed by atoms with Crippen molar-refractivity contribution in [3.05, 3.63) is 23.5 Å². The number of anilines is 1. The number of hydrogen-bond acceptors (Lipinski definition) is 3. The zero-order valence-corrected chi connectivity index (χ0v) is 6.67. The molecule has 3 nitrogen and oxygen atoms in total. The van der Waals surface area contributed by atoms with E-state index < -0.39 is 6.43 Å². The lowest BCUT2D eigenvalue weighted by atomic mass is 10.1. The fourth-order valence-electron chi connectivity index (χ4n) is 1.02. The van der Waals surface area contributed by atoms with Crippen LogP contribution in [0.4, 0.5) is 14.5 Å². The molecule has 2 N–H and O–H groups in total. The SMILES string of the molecule is N#CCc1cncc(N)c1C(F)F. The molecule has 1 rings (SSSR count). The Morgan fingerprint density at radius 2 is 2.23 bits per heavy atom. The Labute approximate surface area is 73.8 Å². The van der Waals surface area contributed by atoms with E-state index >= 15 is 0 Å². The number of nitrogens with two attached hydrogens (primary N) is 1. The van der Waals surface area contributed by atoms with Gasteiger partial charge in [0.15, 0.2) is 0 Å². The van der Waals surface area contributed by atoms with Crippen LogP contribution in [0, 0.1) is 11.3 Å². The maximum atomic E-state index is 12.4. The molecule has 0 atom stereocenters.